The van der Waals surface area contributed by atoms with E-state index in [1.807, 2.05) is 54.6 Å². The first-order valence-electron chi connectivity index (χ1n) is 9.62. The van der Waals surface area contributed by atoms with Crippen LogP contribution >= 0.6 is 0 Å². The minimum Gasteiger partial charge on any atom is -0.333 e. The lowest BCUT2D eigenvalue weighted by atomic mass is 10.1. The molecule has 150 valence electrons. The van der Waals surface area contributed by atoms with E-state index in [-0.39, 0.29) is 29.5 Å². The first-order valence-corrected chi connectivity index (χ1v) is 9.62. The van der Waals surface area contributed by atoms with E-state index < -0.39 is 0 Å². The van der Waals surface area contributed by atoms with Gasteiger partial charge in [-0.05, 0) is 36.2 Å². The second-order valence-corrected chi connectivity index (χ2v) is 6.74. The number of rotatable bonds is 6. The van der Waals surface area contributed by atoms with E-state index in [0.29, 0.717) is 11.5 Å². The van der Waals surface area contributed by atoms with Gasteiger partial charge in [0.2, 0.25) is 11.7 Å². The highest BCUT2D eigenvalue weighted by molar-refractivity contribution is 5.90. The van der Waals surface area contributed by atoms with Crippen LogP contribution in [0, 0.1) is 0 Å². The van der Waals surface area contributed by atoms with E-state index in [1.54, 1.807) is 18.3 Å². The molecule has 7 nitrogen and oxygen atoms in total. The Bertz CT molecular complexity index is 1210. The van der Waals surface area contributed by atoms with Crippen molar-refractivity contribution >= 4 is 11.6 Å². The number of nitrogens with zero attached hydrogens (tertiary/aromatic N) is 3. The Hall–Kier alpha value is -4.00. The summed E-state index contributed by atoms with van der Waals surface area (Å²) >= 11 is 0. The molecule has 2 heterocycles. The number of carbonyl (C=O) groups excluding carboxylic acids is 1. The van der Waals surface area contributed by atoms with Crippen LogP contribution < -0.4 is 10.9 Å². The number of nitrogens with one attached hydrogen (secondary N) is 1. The normalized spacial score (nSPS) is 10.7. The minimum atomic E-state index is -0.378. The average Bonchev–Trinajstić information content (AvgIpc) is 3.26. The highest BCUT2D eigenvalue weighted by Gasteiger charge is 2.16. The molecular formula is C23H20N4O3. The van der Waals surface area contributed by atoms with Gasteiger partial charge < -0.3 is 14.4 Å². The zero-order valence-corrected chi connectivity index (χ0v) is 16.4. The first-order chi connectivity index (χ1) is 14.6. The van der Waals surface area contributed by atoms with Crippen molar-refractivity contribution in [2.45, 2.75) is 19.9 Å². The van der Waals surface area contributed by atoms with Crippen molar-refractivity contribution in [3.63, 3.8) is 0 Å². The highest BCUT2D eigenvalue weighted by Crippen LogP contribution is 2.19. The van der Waals surface area contributed by atoms with Crippen LogP contribution in [-0.2, 0) is 17.8 Å². The van der Waals surface area contributed by atoms with Crippen LogP contribution in [-0.4, -0.2) is 20.6 Å². The van der Waals surface area contributed by atoms with Crippen LogP contribution in [0.15, 0.2) is 82.2 Å². The molecule has 0 radical (unpaired) electrons. The molecule has 2 aromatic carbocycles. The minimum absolute atomic E-state index is 0.115. The summed E-state index contributed by atoms with van der Waals surface area (Å²) in [6, 6.07) is 20.2. The topological polar surface area (TPSA) is 90.0 Å². The third kappa shape index (κ3) is 4.20. The van der Waals surface area contributed by atoms with Crippen molar-refractivity contribution in [1.82, 2.24) is 14.7 Å². The molecule has 0 saturated heterocycles. The van der Waals surface area contributed by atoms with Crippen LogP contribution in [0.4, 0.5) is 5.69 Å². The summed E-state index contributed by atoms with van der Waals surface area (Å²) in [4.78, 5) is 29.6. The summed E-state index contributed by atoms with van der Waals surface area (Å²) < 4.78 is 6.61. The number of anilines is 1. The Kier molecular flexibility index (Phi) is 5.52. The fourth-order valence-corrected chi connectivity index (χ4v) is 3.04. The molecule has 0 unspecified atom stereocenters. The summed E-state index contributed by atoms with van der Waals surface area (Å²) in [5.41, 5.74) is 2.53. The van der Waals surface area contributed by atoms with Crippen molar-refractivity contribution < 1.29 is 9.32 Å². The Morgan fingerprint density at radius 1 is 1.03 bits per heavy atom. The highest BCUT2D eigenvalue weighted by atomic mass is 16.5. The van der Waals surface area contributed by atoms with Gasteiger partial charge in [-0.2, -0.15) is 4.98 Å². The second kappa shape index (κ2) is 8.57. The number of aromatic nitrogens is 3. The number of hydrogen-bond acceptors (Lipinski definition) is 5. The van der Waals surface area contributed by atoms with Crippen LogP contribution in [0.3, 0.4) is 0 Å². The molecule has 0 aliphatic rings. The molecule has 0 atom stereocenters. The molecule has 0 spiro atoms. The monoisotopic (exact) mass is 400 g/mol. The van der Waals surface area contributed by atoms with E-state index >= 15 is 0 Å². The third-order valence-corrected chi connectivity index (χ3v) is 4.67. The Balaban J connectivity index is 1.52. The van der Waals surface area contributed by atoms with Gasteiger partial charge in [-0.25, -0.2) is 0 Å². The molecule has 4 aromatic rings. The first kappa shape index (κ1) is 19.3. The van der Waals surface area contributed by atoms with Crippen molar-refractivity contribution in [3.8, 4) is 22.8 Å². The van der Waals surface area contributed by atoms with Gasteiger partial charge in [0.15, 0.2) is 0 Å². The molecule has 0 aliphatic carbocycles. The maximum atomic E-state index is 12.8. The molecule has 4 rings (SSSR count). The Morgan fingerprint density at radius 2 is 1.80 bits per heavy atom. The quantitative estimate of drug-likeness (QED) is 0.532. The van der Waals surface area contributed by atoms with E-state index in [4.69, 9.17) is 4.52 Å². The molecule has 0 saturated carbocycles. The summed E-state index contributed by atoms with van der Waals surface area (Å²) in [7, 11) is 0. The summed E-state index contributed by atoms with van der Waals surface area (Å²) in [5, 5.41) is 6.75. The Morgan fingerprint density at radius 3 is 2.53 bits per heavy atom. The fourth-order valence-electron chi connectivity index (χ4n) is 3.04. The smallest absolute Gasteiger partial charge is 0.263 e. The molecule has 30 heavy (non-hydrogen) atoms. The number of aryl methyl sites for hydroxylation is 1. The lowest BCUT2D eigenvalue weighted by Crippen LogP contribution is -2.28. The number of benzene rings is 2. The lowest BCUT2D eigenvalue weighted by Gasteiger charge is -2.08. The summed E-state index contributed by atoms with van der Waals surface area (Å²) in [6.07, 6.45) is 2.48. The lowest BCUT2D eigenvalue weighted by molar-refractivity contribution is -0.116. The maximum Gasteiger partial charge on any atom is 0.263 e. The Labute approximate surface area is 173 Å². The van der Waals surface area contributed by atoms with Crippen molar-refractivity contribution in [1.29, 1.82) is 0 Å². The van der Waals surface area contributed by atoms with Crippen LogP contribution in [0.1, 0.15) is 12.5 Å². The van der Waals surface area contributed by atoms with Crippen molar-refractivity contribution in [2.24, 2.45) is 0 Å². The van der Waals surface area contributed by atoms with E-state index in [9.17, 15) is 9.59 Å². The SMILES string of the molecule is CCc1ccc(NC(=O)Cn2cccc(-c3nc(-c4ccccc4)no3)c2=O)cc1. The molecular weight excluding hydrogens is 380 g/mol. The third-order valence-electron chi connectivity index (χ3n) is 4.67. The van der Waals surface area contributed by atoms with Crippen LogP contribution in [0.2, 0.25) is 0 Å². The molecule has 2 aromatic heterocycles. The average molecular weight is 400 g/mol. The molecule has 0 bridgehead atoms. The zero-order valence-electron chi connectivity index (χ0n) is 16.4. The van der Waals surface area contributed by atoms with Crippen molar-refractivity contribution in [2.75, 3.05) is 5.32 Å². The van der Waals surface area contributed by atoms with E-state index in [0.717, 1.165) is 12.0 Å². The fraction of sp³-hybridized carbons (Fsp3) is 0.130. The molecule has 0 aliphatic heterocycles. The van der Waals surface area contributed by atoms with Crippen molar-refractivity contribution in [3.05, 3.63) is 88.8 Å². The van der Waals surface area contributed by atoms with Gasteiger partial charge in [-0.3, -0.25) is 9.59 Å². The van der Waals surface area contributed by atoms with Gasteiger partial charge >= 0.3 is 0 Å². The van der Waals surface area contributed by atoms with Gasteiger partial charge in [-0.1, -0.05) is 54.5 Å². The second-order valence-electron chi connectivity index (χ2n) is 6.74. The summed E-state index contributed by atoms with van der Waals surface area (Å²) in [6.45, 7) is 1.95. The maximum absolute atomic E-state index is 12.8. The van der Waals surface area contributed by atoms with Crippen LogP contribution in [0.25, 0.3) is 22.8 Å². The molecule has 0 fully saturated rings. The number of hydrogen-bond donors (Lipinski definition) is 1. The molecule has 1 N–H and O–H groups in total. The van der Waals surface area contributed by atoms with E-state index in [1.165, 1.54) is 10.1 Å². The zero-order chi connectivity index (χ0) is 20.9. The molecule has 7 heteroatoms. The number of carbonyl (C=O) groups is 1. The van der Waals surface area contributed by atoms with Gasteiger partial charge in [0.1, 0.15) is 12.1 Å². The van der Waals surface area contributed by atoms with Gasteiger partial charge in [0.05, 0.1) is 0 Å². The van der Waals surface area contributed by atoms with Gasteiger partial charge in [0, 0.05) is 17.4 Å². The summed E-state index contributed by atoms with van der Waals surface area (Å²) in [5.74, 6) is 0.214. The molecule has 1 amide bonds. The standard InChI is InChI=1S/C23H20N4O3/c1-2-16-10-12-18(13-11-16)24-20(28)15-27-14-6-9-19(23(27)29)22-25-21(26-30-22)17-7-4-3-5-8-17/h3-14H,2,15H2,1H3,(H,24,28). The van der Waals surface area contributed by atoms with Crippen LogP contribution in [0.5, 0.6) is 0 Å². The number of pyridine rings is 1. The predicted molar refractivity (Wildman–Crippen MR) is 114 cm³/mol. The van der Waals surface area contributed by atoms with Gasteiger partial charge in [0.25, 0.3) is 11.4 Å². The largest absolute Gasteiger partial charge is 0.333 e. The number of amides is 1. The van der Waals surface area contributed by atoms with Gasteiger partial charge in [-0.15, -0.1) is 0 Å². The van der Waals surface area contributed by atoms with E-state index in [2.05, 4.69) is 22.4 Å². The predicted octanol–water partition coefficient (Wildman–Crippen LogP) is 3.77.